The average Bonchev–Trinajstić information content (AvgIpc) is 3.63. The van der Waals surface area contributed by atoms with E-state index in [1.165, 1.54) is 16.2 Å². The molecule has 5 heterocycles. The highest BCUT2D eigenvalue weighted by molar-refractivity contribution is 7.21. The first-order chi connectivity index (χ1) is 16.3. The van der Waals surface area contributed by atoms with Crippen molar-refractivity contribution < 1.29 is 9.53 Å². The number of hydrogen-bond donors (Lipinski definition) is 1. The maximum absolute atomic E-state index is 13.1. The van der Waals surface area contributed by atoms with Crippen molar-refractivity contribution in [2.75, 3.05) is 26.2 Å². The molecule has 0 bridgehead atoms. The van der Waals surface area contributed by atoms with Crippen molar-refractivity contribution in [2.24, 2.45) is 0 Å². The summed E-state index contributed by atoms with van der Waals surface area (Å²) in [6.07, 6.45) is 9.23. The molecule has 0 saturated carbocycles. The summed E-state index contributed by atoms with van der Waals surface area (Å²) in [4.78, 5) is 23.0. The second-order valence-electron chi connectivity index (χ2n) is 8.29. The van der Waals surface area contributed by atoms with Gasteiger partial charge in [0.05, 0.1) is 11.8 Å². The summed E-state index contributed by atoms with van der Waals surface area (Å²) in [6.45, 7) is 4.33. The lowest BCUT2D eigenvalue weighted by Crippen LogP contribution is -2.34. The molecule has 172 valence electrons. The molecule has 1 saturated heterocycles. The second-order valence-corrected chi connectivity index (χ2v) is 10.3. The van der Waals surface area contributed by atoms with E-state index in [9.17, 15) is 4.79 Å². The van der Waals surface area contributed by atoms with E-state index in [2.05, 4.69) is 32.7 Å². The van der Waals surface area contributed by atoms with Gasteiger partial charge in [-0.3, -0.25) is 9.69 Å². The zero-order valence-corrected chi connectivity index (χ0v) is 20.1. The number of fused-ring (bicyclic) bond motifs is 1. The zero-order valence-electron chi connectivity index (χ0n) is 18.5. The molecule has 8 heteroatoms. The summed E-state index contributed by atoms with van der Waals surface area (Å²) < 4.78 is 7.87. The van der Waals surface area contributed by atoms with E-state index < -0.39 is 0 Å². The van der Waals surface area contributed by atoms with Gasteiger partial charge in [-0.1, -0.05) is 6.07 Å². The van der Waals surface area contributed by atoms with E-state index in [1.54, 1.807) is 17.5 Å². The maximum Gasteiger partial charge on any atom is 0.263 e. The van der Waals surface area contributed by atoms with E-state index >= 15 is 0 Å². The van der Waals surface area contributed by atoms with Crippen LogP contribution in [0.15, 0.2) is 60.4 Å². The summed E-state index contributed by atoms with van der Waals surface area (Å²) in [5.41, 5.74) is 0.906. The van der Waals surface area contributed by atoms with Crippen LogP contribution in [0.1, 0.15) is 33.8 Å². The molecule has 1 amide bonds. The fourth-order valence-electron chi connectivity index (χ4n) is 4.33. The van der Waals surface area contributed by atoms with E-state index in [4.69, 9.17) is 4.74 Å². The summed E-state index contributed by atoms with van der Waals surface area (Å²) in [5.74, 6) is -0.0365. The van der Waals surface area contributed by atoms with Gasteiger partial charge in [0.1, 0.15) is 9.71 Å². The first-order valence-electron chi connectivity index (χ1n) is 11.4. The molecule has 0 spiro atoms. The van der Waals surface area contributed by atoms with Crippen molar-refractivity contribution >= 4 is 38.8 Å². The van der Waals surface area contributed by atoms with Crippen LogP contribution in [0.2, 0.25) is 0 Å². The fraction of sp³-hybridized carbons (Fsp3) is 0.360. The van der Waals surface area contributed by atoms with Gasteiger partial charge in [-0.15, -0.1) is 22.7 Å². The highest BCUT2D eigenvalue weighted by Gasteiger charge is 2.21. The first-order valence-corrected chi connectivity index (χ1v) is 13.1. The van der Waals surface area contributed by atoms with Gasteiger partial charge < -0.3 is 14.6 Å². The molecule has 4 aromatic rings. The van der Waals surface area contributed by atoms with Crippen LogP contribution in [0, 0.1) is 0 Å². The van der Waals surface area contributed by atoms with Gasteiger partial charge >= 0.3 is 0 Å². The molecule has 5 rings (SSSR count). The number of carbonyl (C=O) groups is 1. The molecular formula is C25H28N4O2S2. The van der Waals surface area contributed by atoms with Crippen molar-refractivity contribution in [3.05, 3.63) is 70.1 Å². The van der Waals surface area contributed by atoms with E-state index in [0.29, 0.717) is 17.5 Å². The monoisotopic (exact) mass is 480 g/mol. The minimum absolute atomic E-state index is 0.0365. The normalized spacial score (nSPS) is 16.1. The SMILES string of the molecule is O=C(NCCCN(Cc1cccs1)C[C@H]1CCCO1)c1sc2ncccc2c1-n1cccc1. The molecule has 0 radical (unpaired) electrons. The van der Waals surface area contributed by atoms with Gasteiger partial charge in [0.25, 0.3) is 5.91 Å². The molecule has 1 aliphatic rings. The summed E-state index contributed by atoms with van der Waals surface area (Å²) >= 11 is 3.24. The Hall–Kier alpha value is -2.52. The molecule has 6 nitrogen and oxygen atoms in total. The summed E-state index contributed by atoms with van der Waals surface area (Å²) in [5, 5.41) is 6.27. The van der Waals surface area contributed by atoms with Crippen molar-refractivity contribution in [1.29, 1.82) is 0 Å². The minimum Gasteiger partial charge on any atom is -0.377 e. The lowest BCUT2D eigenvalue weighted by atomic mass is 10.2. The Bertz CT molecular complexity index is 1160. The molecule has 0 aromatic carbocycles. The first kappa shape index (κ1) is 22.3. The van der Waals surface area contributed by atoms with Crippen molar-refractivity contribution in [1.82, 2.24) is 19.8 Å². The number of pyridine rings is 1. The van der Waals surface area contributed by atoms with Crippen LogP contribution in [0.5, 0.6) is 0 Å². The van der Waals surface area contributed by atoms with Crippen molar-refractivity contribution in [3.63, 3.8) is 0 Å². The maximum atomic E-state index is 13.1. The summed E-state index contributed by atoms with van der Waals surface area (Å²) in [6, 6.07) is 12.2. The molecule has 1 fully saturated rings. The van der Waals surface area contributed by atoms with Crippen molar-refractivity contribution in [3.8, 4) is 5.69 Å². The minimum atomic E-state index is -0.0365. The van der Waals surface area contributed by atoms with Crippen LogP contribution in [0.4, 0.5) is 0 Å². The van der Waals surface area contributed by atoms with E-state index in [0.717, 1.165) is 61.4 Å². The third-order valence-electron chi connectivity index (χ3n) is 5.89. The highest BCUT2D eigenvalue weighted by Crippen LogP contribution is 2.33. The van der Waals surface area contributed by atoms with E-state index in [1.807, 2.05) is 41.2 Å². The Morgan fingerprint density at radius 1 is 1.24 bits per heavy atom. The van der Waals surface area contributed by atoms with Gasteiger partial charge in [-0.25, -0.2) is 4.98 Å². The molecule has 4 aromatic heterocycles. The van der Waals surface area contributed by atoms with Crippen LogP contribution >= 0.6 is 22.7 Å². The zero-order chi connectivity index (χ0) is 22.5. The number of nitrogens with zero attached hydrogens (tertiary/aromatic N) is 3. The number of amides is 1. The third-order valence-corrected chi connectivity index (χ3v) is 7.85. The summed E-state index contributed by atoms with van der Waals surface area (Å²) in [7, 11) is 0. The van der Waals surface area contributed by atoms with Gasteiger partial charge in [0.2, 0.25) is 0 Å². The van der Waals surface area contributed by atoms with Crippen LogP contribution in [-0.2, 0) is 11.3 Å². The largest absolute Gasteiger partial charge is 0.377 e. The number of hydrogen-bond acceptors (Lipinski definition) is 6. The molecular weight excluding hydrogens is 452 g/mol. The lowest BCUT2D eigenvalue weighted by molar-refractivity contribution is 0.0702. The Balaban J connectivity index is 1.22. The highest BCUT2D eigenvalue weighted by atomic mass is 32.1. The third kappa shape index (κ3) is 5.35. The number of aromatic nitrogens is 2. The van der Waals surface area contributed by atoms with Crippen molar-refractivity contribution in [2.45, 2.75) is 31.9 Å². The van der Waals surface area contributed by atoms with Gasteiger partial charge in [-0.05, 0) is 55.0 Å². The quantitative estimate of drug-likeness (QED) is 0.326. The average molecular weight is 481 g/mol. The Morgan fingerprint density at radius 2 is 2.15 bits per heavy atom. The molecule has 0 unspecified atom stereocenters. The predicted molar refractivity (Wildman–Crippen MR) is 134 cm³/mol. The van der Waals surface area contributed by atoms with Crippen LogP contribution < -0.4 is 5.32 Å². The standard InChI is InChI=1S/C25H28N4O2S2/c30-24(23-22(29-13-1-2-14-29)21-9-3-10-27-25(21)33-23)26-11-6-12-28(17-19-7-4-15-31-19)18-20-8-5-16-32-20/h1-3,5,8-10,13-14,16,19H,4,6-7,11-12,15,17-18H2,(H,26,30)/t19-/m1/s1. The lowest BCUT2D eigenvalue weighted by Gasteiger charge is -2.24. The Labute approximate surface area is 201 Å². The Kier molecular flexibility index (Phi) is 7.16. The van der Waals surface area contributed by atoms with Crippen LogP contribution in [0.3, 0.4) is 0 Å². The van der Waals surface area contributed by atoms with Gasteiger partial charge in [0.15, 0.2) is 0 Å². The molecule has 0 aliphatic carbocycles. The van der Waals surface area contributed by atoms with Gasteiger partial charge in [0, 0.05) is 61.6 Å². The Morgan fingerprint density at radius 3 is 2.94 bits per heavy atom. The fourth-order valence-corrected chi connectivity index (χ4v) is 6.14. The number of carbonyl (C=O) groups excluding carboxylic acids is 1. The number of rotatable bonds is 10. The molecule has 1 atom stereocenters. The second kappa shape index (κ2) is 10.6. The number of ether oxygens (including phenoxy) is 1. The van der Waals surface area contributed by atoms with Gasteiger partial charge in [-0.2, -0.15) is 0 Å². The molecule has 1 N–H and O–H groups in total. The van der Waals surface area contributed by atoms with E-state index in [-0.39, 0.29) is 5.91 Å². The van der Waals surface area contributed by atoms with Crippen LogP contribution in [0.25, 0.3) is 15.9 Å². The number of thiophene rings is 2. The molecule has 33 heavy (non-hydrogen) atoms. The number of nitrogens with one attached hydrogen (secondary N) is 1. The predicted octanol–water partition coefficient (Wildman–Crippen LogP) is 4.95. The van der Waals surface area contributed by atoms with Crippen LogP contribution in [-0.4, -0.2) is 52.7 Å². The topological polar surface area (TPSA) is 59.4 Å². The molecule has 1 aliphatic heterocycles. The smallest absolute Gasteiger partial charge is 0.263 e.